The van der Waals surface area contributed by atoms with Crippen molar-refractivity contribution in [1.82, 2.24) is 20.0 Å². The molecule has 0 saturated carbocycles. The average Bonchev–Trinajstić information content (AvgIpc) is 3.17. The van der Waals surface area contributed by atoms with Gasteiger partial charge in [-0.15, -0.1) is 0 Å². The fourth-order valence-electron chi connectivity index (χ4n) is 3.25. The van der Waals surface area contributed by atoms with Crippen molar-refractivity contribution in [3.8, 4) is 0 Å². The fourth-order valence-corrected chi connectivity index (χ4v) is 3.47. The normalized spacial score (nSPS) is 13.3. The molecule has 1 aliphatic rings. The highest BCUT2D eigenvalue weighted by Gasteiger charge is 2.29. The van der Waals surface area contributed by atoms with Gasteiger partial charge in [0.05, 0.1) is 13.1 Å². The van der Waals surface area contributed by atoms with E-state index in [1.165, 1.54) is 39.9 Å². The van der Waals surface area contributed by atoms with Crippen LogP contribution in [0.2, 0.25) is 5.02 Å². The van der Waals surface area contributed by atoms with E-state index in [0.717, 1.165) is 5.56 Å². The molecule has 9 heteroatoms. The number of rotatable bonds is 5. The minimum Gasteiger partial charge on any atom is -0.347 e. The van der Waals surface area contributed by atoms with Gasteiger partial charge in [0.25, 0.3) is 11.8 Å². The molecule has 0 aliphatic carbocycles. The third kappa shape index (κ3) is 4.04. The summed E-state index contributed by atoms with van der Waals surface area (Å²) in [6.07, 6.45) is 0. The maximum absolute atomic E-state index is 14.1. The standard InChI is InChI=1S/C21H17ClF2N4O2/c22-16-2-1-3-17(24)15(16)12-27-8-9-28-19(21(27)30)10-18(26-28)20(29)25-11-13-4-6-14(23)7-5-13/h1-7,10H,8-9,11-12H2,(H,25,29). The van der Waals surface area contributed by atoms with E-state index < -0.39 is 11.7 Å². The molecule has 154 valence electrons. The number of hydrogen-bond acceptors (Lipinski definition) is 3. The summed E-state index contributed by atoms with van der Waals surface area (Å²) in [7, 11) is 0. The van der Waals surface area contributed by atoms with E-state index in [1.807, 2.05) is 0 Å². The molecule has 1 aromatic heterocycles. The Morgan fingerprint density at radius 2 is 1.90 bits per heavy atom. The Kier molecular flexibility index (Phi) is 5.50. The van der Waals surface area contributed by atoms with E-state index in [0.29, 0.717) is 13.1 Å². The Hall–Kier alpha value is -3.26. The predicted octanol–water partition coefficient (Wildman–Crippen LogP) is 3.40. The van der Waals surface area contributed by atoms with Crippen LogP contribution in [0.25, 0.3) is 0 Å². The van der Waals surface area contributed by atoms with Crippen molar-refractivity contribution in [2.75, 3.05) is 6.54 Å². The number of nitrogens with zero attached hydrogens (tertiary/aromatic N) is 3. The number of halogens is 3. The topological polar surface area (TPSA) is 67.2 Å². The van der Waals surface area contributed by atoms with Crippen LogP contribution in [-0.2, 0) is 19.6 Å². The second kappa shape index (κ2) is 8.23. The second-order valence-corrected chi connectivity index (χ2v) is 7.28. The molecule has 3 aromatic rings. The quantitative estimate of drug-likeness (QED) is 0.674. The van der Waals surface area contributed by atoms with E-state index in [9.17, 15) is 18.4 Å². The van der Waals surface area contributed by atoms with Crippen molar-refractivity contribution in [2.24, 2.45) is 0 Å². The first-order valence-electron chi connectivity index (χ1n) is 9.25. The first kappa shape index (κ1) is 20.0. The molecule has 0 saturated heterocycles. The lowest BCUT2D eigenvalue weighted by molar-refractivity contribution is 0.0681. The van der Waals surface area contributed by atoms with Gasteiger partial charge < -0.3 is 10.2 Å². The number of nitrogens with one attached hydrogen (secondary N) is 1. The molecule has 2 heterocycles. The monoisotopic (exact) mass is 430 g/mol. The lowest BCUT2D eigenvalue weighted by Crippen LogP contribution is -2.40. The summed E-state index contributed by atoms with van der Waals surface area (Å²) in [5.41, 5.74) is 1.34. The Labute approximate surface area is 176 Å². The zero-order chi connectivity index (χ0) is 21.3. The molecular formula is C21H17ClF2N4O2. The molecule has 0 bridgehead atoms. The Morgan fingerprint density at radius 3 is 2.63 bits per heavy atom. The molecule has 1 N–H and O–H groups in total. The Balaban J connectivity index is 1.46. The van der Waals surface area contributed by atoms with Gasteiger partial charge in [0.15, 0.2) is 5.69 Å². The van der Waals surface area contributed by atoms with Crippen LogP contribution >= 0.6 is 11.6 Å². The summed E-state index contributed by atoms with van der Waals surface area (Å²) >= 11 is 6.07. The molecule has 2 aromatic carbocycles. The zero-order valence-corrected chi connectivity index (χ0v) is 16.5. The van der Waals surface area contributed by atoms with E-state index in [4.69, 9.17) is 11.6 Å². The number of fused-ring (bicyclic) bond motifs is 1. The van der Waals surface area contributed by atoms with Gasteiger partial charge in [0.1, 0.15) is 17.3 Å². The summed E-state index contributed by atoms with van der Waals surface area (Å²) < 4.78 is 28.5. The van der Waals surface area contributed by atoms with Crippen molar-refractivity contribution in [1.29, 1.82) is 0 Å². The van der Waals surface area contributed by atoms with Crippen LogP contribution in [0.15, 0.2) is 48.5 Å². The van der Waals surface area contributed by atoms with Gasteiger partial charge in [-0.1, -0.05) is 29.8 Å². The number of carbonyl (C=O) groups excluding carboxylic acids is 2. The molecule has 2 amide bonds. The lowest BCUT2D eigenvalue weighted by atomic mass is 10.1. The van der Waals surface area contributed by atoms with Crippen molar-refractivity contribution >= 4 is 23.4 Å². The summed E-state index contributed by atoms with van der Waals surface area (Å²) in [5, 5.41) is 7.15. The fraction of sp³-hybridized carbons (Fsp3) is 0.190. The highest BCUT2D eigenvalue weighted by molar-refractivity contribution is 6.31. The average molecular weight is 431 g/mol. The van der Waals surface area contributed by atoms with E-state index in [-0.39, 0.29) is 46.8 Å². The third-order valence-corrected chi connectivity index (χ3v) is 5.23. The van der Waals surface area contributed by atoms with Crippen LogP contribution in [0.5, 0.6) is 0 Å². The van der Waals surface area contributed by atoms with Crippen LogP contribution in [0.4, 0.5) is 8.78 Å². The molecule has 0 spiro atoms. The number of benzene rings is 2. The minimum atomic E-state index is -0.477. The first-order valence-corrected chi connectivity index (χ1v) is 9.63. The Bertz CT molecular complexity index is 1090. The summed E-state index contributed by atoms with van der Waals surface area (Å²) in [4.78, 5) is 26.7. The SMILES string of the molecule is O=C(NCc1ccc(F)cc1)c1cc2n(n1)CCN(Cc1c(F)cccc1Cl)C2=O. The van der Waals surface area contributed by atoms with Crippen molar-refractivity contribution < 1.29 is 18.4 Å². The molecule has 1 aliphatic heterocycles. The highest BCUT2D eigenvalue weighted by Crippen LogP contribution is 2.23. The van der Waals surface area contributed by atoms with Gasteiger partial charge in [-0.2, -0.15) is 5.10 Å². The second-order valence-electron chi connectivity index (χ2n) is 6.87. The van der Waals surface area contributed by atoms with Crippen LogP contribution in [-0.4, -0.2) is 33.0 Å². The molecule has 6 nitrogen and oxygen atoms in total. The third-order valence-electron chi connectivity index (χ3n) is 4.88. The number of amides is 2. The van der Waals surface area contributed by atoms with Crippen molar-refractivity contribution in [3.05, 3.63) is 87.7 Å². The minimum absolute atomic E-state index is 0.0294. The van der Waals surface area contributed by atoms with Crippen LogP contribution in [0.1, 0.15) is 32.1 Å². The summed E-state index contributed by atoms with van der Waals surface area (Å²) in [5.74, 6) is -1.63. The van der Waals surface area contributed by atoms with Crippen LogP contribution in [0, 0.1) is 11.6 Å². The van der Waals surface area contributed by atoms with Gasteiger partial charge in [0, 0.05) is 29.7 Å². The van der Waals surface area contributed by atoms with Crippen LogP contribution in [0.3, 0.4) is 0 Å². The maximum Gasteiger partial charge on any atom is 0.272 e. The zero-order valence-electron chi connectivity index (χ0n) is 15.7. The van der Waals surface area contributed by atoms with Gasteiger partial charge in [-0.3, -0.25) is 14.3 Å². The van der Waals surface area contributed by atoms with Gasteiger partial charge in [-0.05, 0) is 29.8 Å². The number of carbonyl (C=O) groups is 2. The maximum atomic E-state index is 14.1. The summed E-state index contributed by atoms with van der Waals surface area (Å²) in [6, 6.07) is 11.6. The van der Waals surface area contributed by atoms with E-state index >= 15 is 0 Å². The smallest absolute Gasteiger partial charge is 0.272 e. The van der Waals surface area contributed by atoms with Gasteiger partial charge >= 0.3 is 0 Å². The largest absolute Gasteiger partial charge is 0.347 e. The molecule has 0 unspecified atom stereocenters. The van der Waals surface area contributed by atoms with E-state index in [1.54, 1.807) is 18.2 Å². The van der Waals surface area contributed by atoms with Crippen molar-refractivity contribution in [3.63, 3.8) is 0 Å². The molecule has 30 heavy (non-hydrogen) atoms. The molecule has 0 fully saturated rings. The molecule has 0 atom stereocenters. The highest BCUT2D eigenvalue weighted by atomic mass is 35.5. The molecule has 4 rings (SSSR count). The first-order chi connectivity index (χ1) is 14.4. The molecule has 0 radical (unpaired) electrons. The molecular weight excluding hydrogens is 414 g/mol. The van der Waals surface area contributed by atoms with Gasteiger partial charge in [0.2, 0.25) is 0 Å². The Morgan fingerprint density at radius 1 is 1.13 bits per heavy atom. The summed E-state index contributed by atoms with van der Waals surface area (Å²) in [6.45, 7) is 0.919. The number of hydrogen-bond donors (Lipinski definition) is 1. The lowest BCUT2D eigenvalue weighted by Gasteiger charge is -2.27. The number of aromatic nitrogens is 2. The van der Waals surface area contributed by atoms with E-state index in [2.05, 4.69) is 10.4 Å². The van der Waals surface area contributed by atoms with Crippen LogP contribution < -0.4 is 5.32 Å². The van der Waals surface area contributed by atoms with Crippen molar-refractivity contribution in [2.45, 2.75) is 19.6 Å². The van der Waals surface area contributed by atoms with Gasteiger partial charge in [-0.25, -0.2) is 8.78 Å². The predicted molar refractivity (Wildman–Crippen MR) is 106 cm³/mol.